The van der Waals surface area contributed by atoms with Crippen molar-refractivity contribution in [1.29, 1.82) is 0 Å². The molecule has 176 valence electrons. The van der Waals surface area contributed by atoms with Crippen molar-refractivity contribution in [2.75, 3.05) is 6.54 Å². The van der Waals surface area contributed by atoms with Crippen LogP contribution in [0.1, 0.15) is 39.7 Å². The molecule has 0 fully saturated rings. The van der Waals surface area contributed by atoms with Crippen LogP contribution in [-0.2, 0) is 25.5 Å². The van der Waals surface area contributed by atoms with E-state index in [9.17, 15) is 14.4 Å². The number of nitrogens with one attached hydrogen (secondary N) is 3. The van der Waals surface area contributed by atoms with E-state index < -0.39 is 23.8 Å². The lowest BCUT2D eigenvalue weighted by atomic mass is 10.0. The number of benzene rings is 2. The van der Waals surface area contributed by atoms with Gasteiger partial charge in [-0.2, -0.15) is 0 Å². The van der Waals surface area contributed by atoms with Gasteiger partial charge in [-0.3, -0.25) is 14.6 Å². The first-order chi connectivity index (χ1) is 15.6. The predicted octanol–water partition coefficient (Wildman–Crippen LogP) is 2.92. The maximum atomic E-state index is 12.3. The van der Waals surface area contributed by atoms with Crippen LogP contribution in [0.2, 0.25) is 0 Å². The number of hydrogen-bond donors (Lipinski definition) is 3. The van der Waals surface area contributed by atoms with E-state index >= 15 is 0 Å². The highest BCUT2D eigenvalue weighted by Gasteiger charge is 2.29. The summed E-state index contributed by atoms with van der Waals surface area (Å²) >= 11 is 0. The van der Waals surface area contributed by atoms with Crippen LogP contribution < -0.4 is 16.1 Å². The Kier molecular flexibility index (Phi) is 7.42. The molecule has 33 heavy (non-hydrogen) atoms. The Morgan fingerprint density at radius 1 is 1.09 bits per heavy atom. The summed E-state index contributed by atoms with van der Waals surface area (Å²) in [5.41, 5.74) is 3.07. The normalized spacial score (nSPS) is 15.5. The van der Waals surface area contributed by atoms with Crippen LogP contribution in [-0.4, -0.2) is 41.3 Å². The smallest absolute Gasteiger partial charge is 0.426 e. The summed E-state index contributed by atoms with van der Waals surface area (Å²) in [6, 6.07) is 14.2. The van der Waals surface area contributed by atoms with Gasteiger partial charge in [0.1, 0.15) is 11.8 Å². The third-order valence-electron chi connectivity index (χ3n) is 4.69. The minimum atomic E-state index is -0.659. The van der Waals surface area contributed by atoms with Crippen molar-refractivity contribution in [3.63, 3.8) is 0 Å². The fraction of sp³-hybridized carbons (Fsp3) is 0.375. The molecule has 9 heteroatoms. The molecule has 0 aliphatic carbocycles. The van der Waals surface area contributed by atoms with Gasteiger partial charge in [-0.05, 0) is 37.1 Å². The molecule has 1 atom stereocenters. The molecule has 0 bridgehead atoms. The number of hydrazine groups is 1. The number of carbonyl (C=O) groups is 3. The molecule has 3 rings (SSSR count). The van der Waals surface area contributed by atoms with Gasteiger partial charge in [-0.15, -0.1) is 0 Å². The molecule has 0 saturated carbocycles. The molecule has 3 N–H and O–H groups in total. The van der Waals surface area contributed by atoms with Crippen molar-refractivity contribution in [2.45, 2.75) is 52.3 Å². The Labute approximate surface area is 193 Å². The van der Waals surface area contributed by atoms with Gasteiger partial charge in [0.15, 0.2) is 0 Å². The van der Waals surface area contributed by atoms with Crippen LogP contribution in [0, 0.1) is 0 Å². The van der Waals surface area contributed by atoms with Crippen molar-refractivity contribution in [3.8, 4) is 0 Å². The summed E-state index contributed by atoms with van der Waals surface area (Å²) in [7, 11) is 0. The Hall–Kier alpha value is -3.75. The molecule has 0 radical (unpaired) electrons. The van der Waals surface area contributed by atoms with Crippen LogP contribution in [0.5, 0.6) is 0 Å². The predicted molar refractivity (Wildman–Crippen MR) is 123 cm³/mol. The third kappa shape index (κ3) is 7.41. The average Bonchev–Trinajstić information content (AvgIpc) is 3.06. The zero-order valence-electron chi connectivity index (χ0n) is 19.3. The number of fused-ring (bicyclic) bond motifs is 1. The van der Waals surface area contributed by atoms with Gasteiger partial charge >= 0.3 is 12.1 Å². The highest BCUT2D eigenvalue weighted by atomic mass is 16.6. The second-order valence-electron chi connectivity index (χ2n) is 8.77. The van der Waals surface area contributed by atoms with E-state index in [2.05, 4.69) is 22.1 Å². The fourth-order valence-electron chi connectivity index (χ4n) is 3.31. The zero-order valence-corrected chi connectivity index (χ0v) is 19.3. The number of ether oxygens (including phenoxy) is 2. The Morgan fingerprint density at radius 2 is 1.82 bits per heavy atom. The second-order valence-corrected chi connectivity index (χ2v) is 8.77. The van der Waals surface area contributed by atoms with Crippen LogP contribution in [0.15, 0.2) is 54.5 Å². The third-order valence-corrected chi connectivity index (χ3v) is 4.69. The Balaban J connectivity index is 1.70. The number of rotatable bonds is 7. The zero-order chi connectivity index (χ0) is 24.0. The molecule has 2 amide bonds. The molecule has 1 aliphatic heterocycles. The number of carbonyl (C=O) groups excluding carboxylic acids is 3. The summed E-state index contributed by atoms with van der Waals surface area (Å²) < 4.78 is 10.7. The molecule has 1 heterocycles. The molecular formula is C24H30N4O5. The van der Waals surface area contributed by atoms with Gasteiger partial charge in [0.25, 0.3) is 0 Å². The minimum Gasteiger partial charge on any atom is -0.443 e. The van der Waals surface area contributed by atoms with Crippen molar-refractivity contribution in [3.05, 3.63) is 60.1 Å². The standard InChI is InChI=1S/C24H30N4O5/c1-16(29)25-12-11-22(30)32-21-15-28(27-23(31)33-24(2,3)4)20(26-21)14-17-9-10-18-7-5-6-8-19(18)13-17/h5-10,13,15,20,26H,11-12,14H2,1-4H3,(H,25,29)(H,27,31). The van der Waals surface area contributed by atoms with Gasteiger partial charge in [0, 0.05) is 19.9 Å². The van der Waals surface area contributed by atoms with E-state index in [0.29, 0.717) is 6.42 Å². The summed E-state index contributed by atoms with van der Waals surface area (Å²) in [5.74, 6) is -0.528. The number of amides is 2. The summed E-state index contributed by atoms with van der Waals surface area (Å²) in [6.07, 6.45) is 1.02. The molecule has 1 aliphatic rings. The van der Waals surface area contributed by atoms with Gasteiger partial charge in [-0.25, -0.2) is 10.2 Å². The first kappa shape index (κ1) is 23.9. The molecule has 2 aromatic rings. The molecular weight excluding hydrogens is 424 g/mol. The molecule has 0 aromatic heterocycles. The fourth-order valence-corrected chi connectivity index (χ4v) is 3.31. The maximum Gasteiger partial charge on any atom is 0.426 e. The lowest BCUT2D eigenvalue weighted by Crippen LogP contribution is -2.49. The summed E-state index contributed by atoms with van der Waals surface area (Å²) in [5, 5.41) is 9.44. The Morgan fingerprint density at radius 3 is 2.52 bits per heavy atom. The topological polar surface area (TPSA) is 109 Å². The summed E-state index contributed by atoms with van der Waals surface area (Å²) in [4.78, 5) is 35.4. The van der Waals surface area contributed by atoms with Crippen LogP contribution in [0.4, 0.5) is 4.79 Å². The monoisotopic (exact) mass is 454 g/mol. The van der Waals surface area contributed by atoms with E-state index in [1.807, 2.05) is 36.4 Å². The first-order valence-electron chi connectivity index (χ1n) is 10.8. The van der Waals surface area contributed by atoms with E-state index in [1.165, 1.54) is 18.1 Å². The quantitative estimate of drug-likeness (QED) is 0.552. The van der Waals surface area contributed by atoms with Crippen LogP contribution in [0.25, 0.3) is 10.8 Å². The van der Waals surface area contributed by atoms with Crippen molar-refractivity contribution < 1.29 is 23.9 Å². The molecule has 0 saturated heterocycles. The Bertz CT molecular complexity index is 1060. The number of hydrogen-bond acceptors (Lipinski definition) is 7. The largest absolute Gasteiger partial charge is 0.443 e. The van der Waals surface area contributed by atoms with E-state index in [-0.39, 0.29) is 24.8 Å². The molecule has 1 unspecified atom stereocenters. The van der Waals surface area contributed by atoms with Gasteiger partial charge in [0.05, 0.1) is 12.6 Å². The van der Waals surface area contributed by atoms with Crippen LogP contribution >= 0.6 is 0 Å². The highest BCUT2D eigenvalue weighted by Crippen LogP contribution is 2.20. The van der Waals surface area contributed by atoms with Gasteiger partial charge in [-0.1, -0.05) is 42.5 Å². The number of nitrogens with zero attached hydrogens (tertiary/aromatic N) is 1. The van der Waals surface area contributed by atoms with Gasteiger partial charge in [0.2, 0.25) is 11.8 Å². The highest BCUT2D eigenvalue weighted by molar-refractivity contribution is 5.83. The summed E-state index contributed by atoms with van der Waals surface area (Å²) in [6.45, 7) is 6.89. The van der Waals surface area contributed by atoms with Crippen molar-refractivity contribution in [1.82, 2.24) is 21.1 Å². The SMILES string of the molecule is CC(=O)NCCC(=O)OC1=CN(NC(=O)OC(C)(C)C)C(Cc2ccc3ccccc3c2)N1. The van der Waals surface area contributed by atoms with Crippen molar-refractivity contribution >= 4 is 28.7 Å². The van der Waals surface area contributed by atoms with Crippen LogP contribution in [0.3, 0.4) is 0 Å². The molecule has 9 nitrogen and oxygen atoms in total. The van der Waals surface area contributed by atoms with Gasteiger partial charge < -0.3 is 20.1 Å². The molecule has 2 aromatic carbocycles. The van der Waals surface area contributed by atoms with Crippen molar-refractivity contribution in [2.24, 2.45) is 0 Å². The average molecular weight is 455 g/mol. The maximum absolute atomic E-state index is 12.3. The van der Waals surface area contributed by atoms with E-state index in [0.717, 1.165) is 16.3 Å². The van der Waals surface area contributed by atoms with E-state index in [4.69, 9.17) is 9.47 Å². The lowest BCUT2D eigenvalue weighted by molar-refractivity contribution is -0.139. The minimum absolute atomic E-state index is 0.0213. The second kappa shape index (κ2) is 10.2. The van der Waals surface area contributed by atoms with E-state index in [1.54, 1.807) is 20.8 Å². The number of esters is 1. The molecule has 0 spiro atoms. The first-order valence-corrected chi connectivity index (χ1v) is 10.8. The lowest BCUT2D eigenvalue weighted by Gasteiger charge is -2.27.